The zero-order valence-electron chi connectivity index (χ0n) is 18.3. The minimum atomic E-state index is -3.69. The lowest BCUT2D eigenvalue weighted by atomic mass is 10.2. The molecule has 0 atom stereocenters. The van der Waals surface area contributed by atoms with Crippen molar-refractivity contribution in [2.24, 2.45) is 5.10 Å². The van der Waals surface area contributed by atoms with E-state index in [9.17, 15) is 13.2 Å². The van der Waals surface area contributed by atoms with E-state index in [0.717, 1.165) is 33.2 Å². The van der Waals surface area contributed by atoms with E-state index >= 15 is 0 Å². The van der Waals surface area contributed by atoms with Gasteiger partial charge in [-0.3, -0.25) is 9.10 Å². The van der Waals surface area contributed by atoms with Crippen molar-refractivity contribution in [2.45, 2.75) is 20.8 Å². The number of benzene rings is 2. The van der Waals surface area contributed by atoms with E-state index in [0.29, 0.717) is 10.7 Å². The SMILES string of the molecule is Cc1ccc(-n2c(C)cc(/C=N\NC(=O)CN(c3cccc(Cl)c3)S(C)(=O)=O)c2C)cc1. The largest absolute Gasteiger partial charge is 0.318 e. The lowest BCUT2D eigenvalue weighted by Gasteiger charge is -2.21. The first kappa shape index (κ1) is 23.6. The van der Waals surface area contributed by atoms with Gasteiger partial charge in [0.2, 0.25) is 10.0 Å². The molecule has 9 heteroatoms. The molecule has 7 nitrogen and oxygen atoms in total. The van der Waals surface area contributed by atoms with Crippen LogP contribution in [0.15, 0.2) is 59.7 Å². The van der Waals surface area contributed by atoms with Crippen molar-refractivity contribution in [2.75, 3.05) is 17.1 Å². The molecule has 0 saturated heterocycles. The number of hydrazone groups is 1. The van der Waals surface area contributed by atoms with Crippen LogP contribution in [0, 0.1) is 20.8 Å². The Labute approximate surface area is 193 Å². The summed E-state index contributed by atoms with van der Waals surface area (Å²) in [5.41, 5.74) is 7.78. The average Bonchev–Trinajstić information content (AvgIpc) is 2.99. The van der Waals surface area contributed by atoms with Gasteiger partial charge in [0.25, 0.3) is 5.91 Å². The Bertz CT molecular complexity index is 1260. The predicted molar refractivity (Wildman–Crippen MR) is 129 cm³/mol. The molecule has 0 fully saturated rings. The number of halogens is 1. The van der Waals surface area contributed by atoms with E-state index in [1.807, 2.05) is 39.0 Å². The number of aromatic nitrogens is 1. The summed E-state index contributed by atoms with van der Waals surface area (Å²) in [6, 6.07) is 16.5. The molecule has 3 rings (SSSR count). The van der Waals surface area contributed by atoms with Crippen LogP contribution in [0.1, 0.15) is 22.5 Å². The summed E-state index contributed by atoms with van der Waals surface area (Å²) in [6.07, 6.45) is 2.58. The van der Waals surface area contributed by atoms with E-state index in [1.165, 1.54) is 11.6 Å². The molecular weight excluding hydrogens is 448 g/mol. The summed E-state index contributed by atoms with van der Waals surface area (Å²) < 4.78 is 27.4. The zero-order chi connectivity index (χ0) is 23.5. The Morgan fingerprint density at radius 2 is 1.81 bits per heavy atom. The number of hydrogen-bond donors (Lipinski definition) is 1. The number of rotatable bonds is 7. The Hall–Kier alpha value is -3.10. The molecule has 0 saturated carbocycles. The van der Waals surface area contributed by atoms with Gasteiger partial charge in [-0.05, 0) is 57.2 Å². The van der Waals surface area contributed by atoms with Crippen LogP contribution >= 0.6 is 11.6 Å². The molecule has 3 aromatic rings. The first-order valence-electron chi connectivity index (χ1n) is 9.87. The summed E-state index contributed by atoms with van der Waals surface area (Å²) in [5, 5.41) is 4.40. The van der Waals surface area contributed by atoms with Gasteiger partial charge in [0.15, 0.2) is 0 Å². The van der Waals surface area contributed by atoms with Gasteiger partial charge >= 0.3 is 0 Å². The molecule has 2 aromatic carbocycles. The van der Waals surface area contributed by atoms with Crippen molar-refractivity contribution in [3.8, 4) is 5.69 Å². The molecule has 0 bridgehead atoms. The maximum Gasteiger partial charge on any atom is 0.260 e. The number of carbonyl (C=O) groups excluding carboxylic acids is 1. The Balaban J connectivity index is 1.73. The van der Waals surface area contributed by atoms with Crippen molar-refractivity contribution < 1.29 is 13.2 Å². The van der Waals surface area contributed by atoms with Crippen LogP contribution in [-0.2, 0) is 14.8 Å². The van der Waals surface area contributed by atoms with Crippen LogP contribution in [0.25, 0.3) is 5.69 Å². The lowest BCUT2D eigenvalue weighted by Crippen LogP contribution is -2.39. The van der Waals surface area contributed by atoms with E-state index in [4.69, 9.17) is 11.6 Å². The summed E-state index contributed by atoms with van der Waals surface area (Å²) in [7, 11) is -3.69. The van der Waals surface area contributed by atoms with Gasteiger partial charge in [-0.1, -0.05) is 35.4 Å². The van der Waals surface area contributed by atoms with Crippen LogP contribution < -0.4 is 9.73 Å². The zero-order valence-corrected chi connectivity index (χ0v) is 19.9. The summed E-state index contributed by atoms with van der Waals surface area (Å²) in [4.78, 5) is 12.4. The van der Waals surface area contributed by atoms with Crippen molar-refractivity contribution in [3.05, 3.63) is 82.1 Å². The lowest BCUT2D eigenvalue weighted by molar-refractivity contribution is -0.119. The highest BCUT2D eigenvalue weighted by Gasteiger charge is 2.21. The number of aryl methyl sites for hydroxylation is 2. The van der Waals surface area contributed by atoms with Crippen molar-refractivity contribution >= 4 is 39.4 Å². The van der Waals surface area contributed by atoms with Crippen molar-refractivity contribution in [1.82, 2.24) is 9.99 Å². The summed E-state index contributed by atoms with van der Waals surface area (Å²) >= 11 is 5.96. The second kappa shape index (κ2) is 9.58. The van der Waals surface area contributed by atoms with Crippen molar-refractivity contribution in [1.29, 1.82) is 0 Å². The standard InChI is InChI=1S/C23H25ClN4O3S/c1-16-8-10-21(11-9-16)28-17(2)12-19(18(28)3)14-25-26-23(29)15-27(32(4,30)31)22-7-5-6-20(24)13-22/h5-14H,15H2,1-4H3,(H,26,29)/b25-14-. The Morgan fingerprint density at radius 1 is 1.12 bits per heavy atom. The van der Waals surface area contributed by atoms with Crippen LogP contribution in [0.3, 0.4) is 0 Å². The maximum absolute atomic E-state index is 12.4. The second-order valence-electron chi connectivity index (χ2n) is 7.54. The summed E-state index contributed by atoms with van der Waals surface area (Å²) in [5.74, 6) is -0.570. The molecular formula is C23H25ClN4O3S. The van der Waals surface area contributed by atoms with Gasteiger partial charge in [0, 0.05) is 27.7 Å². The number of amides is 1. The summed E-state index contributed by atoms with van der Waals surface area (Å²) in [6.45, 7) is 5.59. The maximum atomic E-state index is 12.4. The van der Waals surface area contributed by atoms with E-state index in [-0.39, 0.29) is 0 Å². The number of nitrogens with zero attached hydrogens (tertiary/aromatic N) is 3. The van der Waals surface area contributed by atoms with E-state index < -0.39 is 22.5 Å². The second-order valence-corrected chi connectivity index (χ2v) is 9.88. The minimum Gasteiger partial charge on any atom is -0.318 e. The third-order valence-electron chi connectivity index (χ3n) is 4.94. The minimum absolute atomic E-state index is 0.306. The Kier molecular flexibility index (Phi) is 7.06. The predicted octanol–water partition coefficient (Wildman–Crippen LogP) is 3.97. The fourth-order valence-electron chi connectivity index (χ4n) is 3.38. The van der Waals surface area contributed by atoms with Gasteiger partial charge < -0.3 is 4.57 Å². The fraction of sp³-hybridized carbons (Fsp3) is 0.217. The molecule has 0 aliphatic carbocycles. The van der Waals surface area contributed by atoms with E-state index in [1.54, 1.807) is 24.4 Å². The van der Waals surface area contributed by atoms with Gasteiger partial charge in [0.1, 0.15) is 6.54 Å². The average molecular weight is 473 g/mol. The number of hydrogen-bond acceptors (Lipinski definition) is 4. The Morgan fingerprint density at radius 3 is 2.44 bits per heavy atom. The molecule has 0 radical (unpaired) electrons. The van der Waals surface area contributed by atoms with Gasteiger partial charge in [-0.15, -0.1) is 0 Å². The third-order valence-corrected chi connectivity index (χ3v) is 6.31. The number of sulfonamides is 1. The third kappa shape index (κ3) is 5.57. The topological polar surface area (TPSA) is 83.8 Å². The van der Waals surface area contributed by atoms with Crippen LogP contribution in [-0.4, -0.2) is 37.9 Å². The number of anilines is 1. The quantitative estimate of drug-likeness (QED) is 0.417. The fourth-order valence-corrected chi connectivity index (χ4v) is 4.41. The van der Waals surface area contributed by atoms with Crippen LogP contribution in [0.2, 0.25) is 5.02 Å². The molecule has 168 valence electrons. The molecule has 1 aromatic heterocycles. The number of nitrogens with one attached hydrogen (secondary N) is 1. The molecule has 0 unspecified atom stereocenters. The molecule has 0 aliphatic heterocycles. The first-order valence-corrected chi connectivity index (χ1v) is 12.1. The highest BCUT2D eigenvalue weighted by molar-refractivity contribution is 7.92. The molecule has 32 heavy (non-hydrogen) atoms. The molecule has 1 heterocycles. The molecule has 0 aliphatic rings. The highest BCUT2D eigenvalue weighted by atomic mass is 35.5. The van der Waals surface area contributed by atoms with E-state index in [2.05, 4.69) is 27.2 Å². The van der Waals surface area contributed by atoms with Gasteiger partial charge in [-0.25, -0.2) is 13.8 Å². The van der Waals surface area contributed by atoms with Gasteiger partial charge in [-0.2, -0.15) is 5.10 Å². The molecule has 1 amide bonds. The highest BCUT2D eigenvalue weighted by Crippen LogP contribution is 2.22. The van der Waals surface area contributed by atoms with Crippen molar-refractivity contribution in [3.63, 3.8) is 0 Å². The molecule has 0 spiro atoms. The molecule has 1 N–H and O–H groups in total. The first-order chi connectivity index (χ1) is 15.1. The van der Waals surface area contributed by atoms with Crippen LogP contribution in [0.4, 0.5) is 5.69 Å². The monoisotopic (exact) mass is 472 g/mol. The smallest absolute Gasteiger partial charge is 0.260 e. The van der Waals surface area contributed by atoms with Gasteiger partial charge in [0.05, 0.1) is 18.2 Å². The number of carbonyl (C=O) groups is 1. The normalized spacial score (nSPS) is 11.7. The van der Waals surface area contributed by atoms with Crippen LogP contribution in [0.5, 0.6) is 0 Å².